The van der Waals surface area contributed by atoms with E-state index >= 15 is 4.57 Å². The molecule has 17 nitrogen and oxygen atoms in total. The third-order valence-electron chi connectivity index (χ3n) is 17.8. The van der Waals surface area contributed by atoms with Gasteiger partial charge in [-0.15, -0.1) is 0 Å². The molecule has 2 unspecified atom stereocenters. The van der Waals surface area contributed by atoms with Gasteiger partial charge in [-0.3, -0.25) is 33.3 Å². The van der Waals surface area contributed by atoms with Crippen LogP contribution in [0.2, 0.25) is 0 Å². The molecule has 0 bridgehead atoms. The average molecular weight is 1250 g/mol. The third-order valence-corrected chi connectivity index (χ3v) is 20.1. The van der Waals surface area contributed by atoms with Crippen LogP contribution in [0.15, 0.2) is 220 Å². The molecule has 470 valence electrons. The van der Waals surface area contributed by atoms with Crippen LogP contribution in [0.4, 0.5) is 0 Å². The number of rotatable bonds is 22. The highest BCUT2D eigenvalue weighted by molar-refractivity contribution is 7.54. The minimum absolute atomic E-state index is 0.0202. The van der Waals surface area contributed by atoms with Crippen LogP contribution >= 0.6 is 7.60 Å². The highest BCUT2D eigenvalue weighted by Crippen LogP contribution is 2.59. The van der Waals surface area contributed by atoms with Gasteiger partial charge in [0.05, 0.1) is 37.1 Å². The molecule has 0 radical (unpaired) electrons. The molecule has 2 aliphatic heterocycles. The maximum atomic E-state index is 17.1. The first-order valence-corrected chi connectivity index (χ1v) is 32.6. The van der Waals surface area contributed by atoms with E-state index in [0.717, 1.165) is 66.5 Å². The molecule has 92 heavy (non-hydrogen) atoms. The first-order valence-electron chi connectivity index (χ1n) is 31.0. The van der Waals surface area contributed by atoms with Crippen LogP contribution in [0.5, 0.6) is 0 Å². The van der Waals surface area contributed by atoms with E-state index < -0.39 is 90.4 Å². The smallest absolute Gasteiger partial charge is 0.335 e. The van der Waals surface area contributed by atoms with Gasteiger partial charge < -0.3 is 33.0 Å². The van der Waals surface area contributed by atoms with Crippen LogP contribution in [0.25, 0.3) is 10.9 Å². The van der Waals surface area contributed by atoms with Crippen LogP contribution in [0.3, 0.4) is 0 Å². The number of para-hydroxylation sites is 1. The molecule has 0 amide bonds. The monoisotopic (exact) mass is 1250 g/mol. The maximum absolute atomic E-state index is 17.1. The number of nitrogens with one attached hydrogen (secondary N) is 3. The summed E-state index contributed by atoms with van der Waals surface area (Å²) in [6.45, 7) is 10.6. The Balaban J connectivity index is 0.985. The van der Waals surface area contributed by atoms with E-state index in [-0.39, 0.29) is 43.4 Å². The van der Waals surface area contributed by atoms with Gasteiger partial charge in [-0.2, -0.15) is 5.26 Å². The summed E-state index contributed by atoms with van der Waals surface area (Å²) in [6.07, 6.45) is -3.95. The van der Waals surface area contributed by atoms with E-state index in [9.17, 15) is 24.4 Å². The summed E-state index contributed by atoms with van der Waals surface area (Å²) >= 11 is 0. The first kappa shape index (κ1) is 63.1. The fourth-order valence-corrected chi connectivity index (χ4v) is 14.9. The number of nitriles is 1. The molecule has 2 fully saturated rings. The second-order valence-corrected chi connectivity index (χ2v) is 26.6. The molecule has 8 atom stereocenters. The van der Waals surface area contributed by atoms with Crippen molar-refractivity contribution >= 4 is 18.5 Å². The van der Waals surface area contributed by atoms with Gasteiger partial charge in [0.2, 0.25) is 0 Å². The topological polar surface area (TPSA) is 222 Å². The zero-order chi connectivity index (χ0) is 64.3. The van der Waals surface area contributed by atoms with E-state index in [2.05, 4.69) is 21.0 Å². The van der Waals surface area contributed by atoms with Crippen molar-refractivity contribution in [3.05, 3.63) is 315 Å². The summed E-state index contributed by atoms with van der Waals surface area (Å²) in [5.41, 5.74) is 4.64. The lowest BCUT2D eigenvalue weighted by Crippen LogP contribution is -2.41. The molecule has 3 N–H and O–H groups in total. The van der Waals surface area contributed by atoms with E-state index in [1.54, 1.807) is 13.8 Å². The molecule has 5 heterocycles. The molecule has 12 rings (SSSR count). The van der Waals surface area contributed by atoms with Crippen molar-refractivity contribution in [3.63, 3.8) is 0 Å². The quantitative estimate of drug-likeness (QED) is 0.0426. The molecule has 0 spiro atoms. The Hall–Kier alpha value is -9.08. The number of ether oxygens (including phenoxy) is 4. The largest absolute Gasteiger partial charge is 0.358 e. The van der Waals surface area contributed by atoms with E-state index in [1.165, 1.54) is 21.5 Å². The van der Waals surface area contributed by atoms with Crippen molar-refractivity contribution in [1.29, 1.82) is 5.26 Å². The summed E-state index contributed by atoms with van der Waals surface area (Å²) in [4.78, 5) is 61.9. The lowest BCUT2D eigenvalue weighted by Gasteiger charge is -2.39. The zero-order valence-corrected chi connectivity index (χ0v) is 53.0. The standard InChI is InChI=1S/C74H73N6O11P/c1-47-21-29-56(30-22-47)73(54-16-9-7-10-17-54,57-31-23-48(2)24-32-57)86-45-65-64(42-68(88-65)80-44-52(6)70(82)78-72(80)84)91-92(85,61(37-38-75)40-60-39-53-15-13-14-20-62(53)76-60)87-46-66-63(41-67(89-66)79-43-51(5)69(81)77-71(79)83)90-74(55-18-11-8-12-19-55,58-33-25-49(3)26-34-58)59-35-27-50(4)28-36-59/h7-36,39,43-44,61,63-68,76H,37,40-42,45-46H2,1-6H3,(H,77,81,83)(H,78,82,84)/t61?,63-,64-,65+,66+,67+,68+,92?/m0/s1. The van der Waals surface area contributed by atoms with E-state index in [1.807, 2.05) is 216 Å². The number of aromatic amines is 3. The van der Waals surface area contributed by atoms with Crippen LogP contribution < -0.4 is 22.5 Å². The number of aromatic nitrogens is 5. The number of fused-ring (bicyclic) bond motifs is 1. The third kappa shape index (κ3) is 12.8. The molecule has 2 saturated heterocycles. The minimum atomic E-state index is -4.74. The van der Waals surface area contributed by atoms with Gasteiger partial charge in [0, 0.05) is 60.4 Å². The molecule has 0 saturated carbocycles. The van der Waals surface area contributed by atoms with Crippen LogP contribution in [-0.2, 0) is 50.2 Å². The lowest BCUT2D eigenvalue weighted by atomic mass is 9.79. The number of hydrogen-bond donors (Lipinski definition) is 3. The van der Waals surface area contributed by atoms with Crippen molar-refractivity contribution in [3.8, 4) is 6.07 Å². The van der Waals surface area contributed by atoms with Gasteiger partial charge in [-0.05, 0) is 92.4 Å². The van der Waals surface area contributed by atoms with E-state index in [4.69, 9.17) is 28.0 Å². The van der Waals surface area contributed by atoms with Crippen LogP contribution in [0.1, 0.15) is 104 Å². The summed E-state index contributed by atoms with van der Waals surface area (Å²) < 4.78 is 63.1. The van der Waals surface area contributed by atoms with Crippen molar-refractivity contribution in [2.24, 2.45) is 0 Å². The van der Waals surface area contributed by atoms with Gasteiger partial charge in [0.25, 0.3) is 11.1 Å². The van der Waals surface area contributed by atoms with E-state index in [0.29, 0.717) is 5.69 Å². The van der Waals surface area contributed by atoms with Crippen LogP contribution in [0, 0.1) is 52.9 Å². The van der Waals surface area contributed by atoms with Gasteiger partial charge in [-0.25, -0.2) is 9.59 Å². The fourth-order valence-electron chi connectivity index (χ4n) is 12.8. The Morgan fingerprint density at radius 1 is 0.543 bits per heavy atom. The minimum Gasteiger partial charge on any atom is -0.358 e. The molecule has 7 aromatic carbocycles. The normalized spacial score (nSPS) is 19.4. The lowest BCUT2D eigenvalue weighted by molar-refractivity contribution is -0.101. The molecule has 3 aromatic heterocycles. The van der Waals surface area contributed by atoms with Crippen molar-refractivity contribution in [2.75, 3.05) is 13.2 Å². The Morgan fingerprint density at radius 3 is 1.45 bits per heavy atom. The zero-order valence-electron chi connectivity index (χ0n) is 52.1. The van der Waals surface area contributed by atoms with Crippen LogP contribution in [-0.4, -0.2) is 67.4 Å². The number of H-pyrrole nitrogens is 3. The van der Waals surface area contributed by atoms with Gasteiger partial charge in [0.15, 0.2) is 0 Å². The predicted molar refractivity (Wildman–Crippen MR) is 352 cm³/mol. The molecule has 10 aromatic rings. The highest BCUT2D eigenvalue weighted by Gasteiger charge is 2.51. The Labute approximate surface area is 532 Å². The number of benzene rings is 7. The highest BCUT2D eigenvalue weighted by atomic mass is 31.2. The van der Waals surface area contributed by atoms with Gasteiger partial charge >= 0.3 is 19.0 Å². The predicted octanol–water partition coefficient (Wildman–Crippen LogP) is 12.5. The Morgan fingerprint density at radius 2 is 0.967 bits per heavy atom. The summed E-state index contributed by atoms with van der Waals surface area (Å²) in [7, 11) is -4.74. The second-order valence-electron chi connectivity index (χ2n) is 24.3. The molecule has 18 heteroatoms. The average Bonchev–Trinajstić information content (AvgIpc) is 1.16. The second kappa shape index (κ2) is 26.6. The maximum Gasteiger partial charge on any atom is 0.335 e. The molecule has 2 aliphatic rings. The molecule has 0 aliphatic carbocycles. The Bertz CT molecular complexity index is 4450. The summed E-state index contributed by atoms with van der Waals surface area (Å²) in [6, 6.07) is 64.0. The number of aryl methyl sites for hydroxylation is 6. The SMILES string of the molecule is Cc1ccc(C(OC[C@H]2O[C@@H](n3cc(C)c(=O)[nH]c3=O)C[C@@H]2OP(=O)(OC[C@H]2O[C@@H](n3cc(C)c(=O)[nH]c3=O)C[C@@H]2OC(c2ccccc2)(c2ccc(C)cc2)c2ccc(C)cc2)C(CC#N)Cc2cc3ccccc3[nH]2)(c2ccccc2)c2ccc(C)cc2)cc1. The van der Waals surface area contributed by atoms with Crippen molar-refractivity contribution in [1.82, 2.24) is 24.1 Å². The first-order chi connectivity index (χ1) is 44.4. The Kier molecular flexibility index (Phi) is 18.3. The number of hydrogen-bond acceptors (Lipinski definition) is 12. The summed E-state index contributed by atoms with van der Waals surface area (Å²) in [5.74, 6) is 0. The van der Waals surface area contributed by atoms with Crippen molar-refractivity contribution < 1.29 is 32.6 Å². The fraction of sp³-hybridized carbons (Fsp3) is 0.284. The van der Waals surface area contributed by atoms with Gasteiger partial charge in [0.1, 0.15) is 35.9 Å². The van der Waals surface area contributed by atoms with Gasteiger partial charge in [-0.1, -0.05) is 198 Å². The summed E-state index contributed by atoms with van der Waals surface area (Å²) in [5, 5.41) is 11.8. The number of nitrogens with zero attached hydrogens (tertiary/aromatic N) is 3. The van der Waals surface area contributed by atoms with Crippen molar-refractivity contribution in [2.45, 2.75) is 121 Å². The molecular weight excluding hydrogens is 1180 g/mol. The molecular formula is C74H73N6O11P.